The summed E-state index contributed by atoms with van der Waals surface area (Å²) in [6.45, 7) is 0. The highest BCUT2D eigenvalue weighted by Crippen LogP contribution is 2.44. The van der Waals surface area contributed by atoms with Crippen molar-refractivity contribution >= 4 is 33.0 Å². The third-order valence-corrected chi connectivity index (χ3v) is 7.43. The summed E-state index contributed by atoms with van der Waals surface area (Å²) < 4.78 is 42.1. The molecule has 0 atom stereocenters. The number of pyridine rings is 1. The van der Waals surface area contributed by atoms with Gasteiger partial charge in [0.15, 0.2) is 0 Å². The number of rotatable bonds is 3. The Balaban J connectivity index is 1.47. The zero-order valence-electron chi connectivity index (χ0n) is 18.2. The first-order valence-corrected chi connectivity index (χ1v) is 11.7. The van der Waals surface area contributed by atoms with Crippen LogP contribution in [0.3, 0.4) is 0 Å². The largest absolute Gasteiger partial charge is 0.417 e. The molecule has 5 aromatic rings. The Hall–Kier alpha value is -3.97. The maximum atomic E-state index is 14.0. The third-order valence-electron chi connectivity index (χ3n) is 6.34. The van der Waals surface area contributed by atoms with Gasteiger partial charge in [0, 0.05) is 16.5 Å². The molecule has 0 unspecified atom stereocenters. The van der Waals surface area contributed by atoms with Crippen molar-refractivity contribution in [3.63, 3.8) is 0 Å². The van der Waals surface area contributed by atoms with Crippen molar-refractivity contribution < 1.29 is 18.0 Å². The van der Waals surface area contributed by atoms with Crippen LogP contribution in [0.4, 0.5) is 18.9 Å². The number of nitrogens with two attached hydrogens (primary N) is 1. The number of hydrogen-bond donors (Lipinski definition) is 1. The molecule has 1 aliphatic carbocycles. The van der Waals surface area contributed by atoms with Gasteiger partial charge in [0.25, 0.3) is 0 Å². The second kappa shape index (κ2) is 7.78. The van der Waals surface area contributed by atoms with Gasteiger partial charge in [-0.25, -0.2) is 4.98 Å². The summed E-state index contributed by atoms with van der Waals surface area (Å²) in [5.41, 5.74) is 10.6. The van der Waals surface area contributed by atoms with E-state index in [1.54, 1.807) is 36.4 Å². The number of ketones is 1. The van der Waals surface area contributed by atoms with Gasteiger partial charge in [-0.15, -0.1) is 11.3 Å². The number of nitrogens with zero attached hydrogens (tertiary/aromatic N) is 1. The Bertz CT molecular complexity index is 1640. The van der Waals surface area contributed by atoms with Crippen molar-refractivity contribution in [1.29, 1.82) is 0 Å². The molecular formula is C28H17F3N2OS. The van der Waals surface area contributed by atoms with Gasteiger partial charge in [-0.05, 0) is 40.8 Å². The molecule has 0 spiro atoms. The highest BCUT2D eigenvalue weighted by Gasteiger charge is 2.36. The van der Waals surface area contributed by atoms with E-state index < -0.39 is 17.5 Å². The Labute approximate surface area is 202 Å². The minimum absolute atomic E-state index is 0.0682. The van der Waals surface area contributed by atoms with E-state index in [2.05, 4.69) is 11.1 Å². The highest BCUT2D eigenvalue weighted by molar-refractivity contribution is 7.21. The van der Waals surface area contributed by atoms with Crippen molar-refractivity contribution in [3.05, 3.63) is 106 Å². The SMILES string of the molecule is Nc1c(C(=O)c2ccc3c(c2)Cc2ccccc2-3)sc2nc(-c3ccccc3)cc(C(F)(F)F)c12. The zero-order valence-corrected chi connectivity index (χ0v) is 19.0. The molecule has 2 N–H and O–H groups in total. The van der Waals surface area contributed by atoms with Gasteiger partial charge in [-0.2, -0.15) is 13.2 Å². The molecular weight excluding hydrogens is 469 g/mol. The summed E-state index contributed by atoms with van der Waals surface area (Å²) in [5.74, 6) is -0.404. The van der Waals surface area contributed by atoms with E-state index in [9.17, 15) is 18.0 Å². The van der Waals surface area contributed by atoms with Gasteiger partial charge < -0.3 is 5.73 Å². The van der Waals surface area contributed by atoms with Gasteiger partial charge in [0.1, 0.15) is 9.71 Å². The van der Waals surface area contributed by atoms with Crippen LogP contribution in [0.15, 0.2) is 78.9 Å². The number of thiophene rings is 1. The molecule has 35 heavy (non-hydrogen) atoms. The van der Waals surface area contributed by atoms with Crippen LogP contribution in [0.1, 0.15) is 31.9 Å². The summed E-state index contributed by atoms with van der Waals surface area (Å²) in [5, 5.41) is -0.223. The molecule has 2 aromatic heterocycles. The molecule has 172 valence electrons. The van der Waals surface area contributed by atoms with Crippen molar-refractivity contribution in [2.75, 3.05) is 5.73 Å². The van der Waals surface area contributed by atoms with Gasteiger partial charge in [0.2, 0.25) is 5.78 Å². The van der Waals surface area contributed by atoms with E-state index in [0.29, 0.717) is 17.5 Å². The molecule has 0 aliphatic heterocycles. The summed E-state index contributed by atoms with van der Waals surface area (Å²) in [6.07, 6.45) is -3.95. The lowest BCUT2D eigenvalue weighted by Crippen LogP contribution is -2.08. The van der Waals surface area contributed by atoms with Gasteiger partial charge in [-0.1, -0.05) is 66.7 Å². The molecule has 0 saturated carbocycles. The standard InChI is InChI=1S/C28H17F3N2OS/c29-28(30,31)21-14-22(15-6-2-1-3-7-15)33-27-23(21)24(32)26(35-27)25(34)17-10-11-20-18(13-17)12-16-8-4-5-9-19(16)20/h1-11,13-14H,12,32H2. The number of alkyl halides is 3. The quantitative estimate of drug-likeness (QED) is 0.266. The fourth-order valence-electron chi connectivity index (χ4n) is 4.69. The number of fused-ring (bicyclic) bond motifs is 4. The number of benzene rings is 3. The number of aromatic nitrogens is 1. The van der Waals surface area contributed by atoms with Crippen LogP contribution in [0.2, 0.25) is 0 Å². The minimum atomic E-state index is -4.65. The van der Waals surface area contributed by atoms with Crippen LogP contribution in [0.5, 0.6) is 0 Å². The number of anilines is 1. The summed E-state index contributed by atoms with van der Waals surface area (Å²) in [7, 11) is 0. The number of halogens is 3. The lowest BCUT2D eigenvalue weighted by molar-refractivity contribution is -0.136. The minimum Gasteiger partial charge on any atom is -0.397 e. The first kappa shape index (κ1) is 21.6. The third kappa shape index (κ3) is 3.51. The molecule has 7 heteroatoms. The van der Waals surface area contributed by atoms with Crippen molar-refractivity contribution in [2.45, 2.75) is 12.6 Å². The van der Waals surface area contributed by atoms with Gasteiger partial charge in [0.05, 0.1) is 16.9 Å². The van der Waals surface area contributed by atoms with Crippen molar-refractivity contribution in [2.24, 2.45) is 0 Å². The lowest BCUT2D eigenvalue weighted by atomic mass is 10.00. The first-order chi connectivity index (χ1) is 16.8. The number of carbonyl (C=O) groups excluding carboxylic acids is 1. The summed E-state index contributed by atoms with van der Waals surface area (Å²) in [4.78, 5) is 18.1. The van der Waals surface area contributed by atoms with E-state index in [1.807, 2.05) is 30.3 Å². The summed E-state index contributed by atoms with van der Waals surface area (Å²) in [6, 6.07) is 23.1. The molecule has 1 aliphatic rings. The second-order valence-corrected chi connectivity index (χ2v) is 9.48. The monoisotopic (exact) mass is 486 g/mol. The molecule has 2 heterocycles. The van der Waals surface area contributed by atoms with E-state index in [4.69, 9.17) is 5.73 Å². The lowest BCUT2D eigenvalue weighted by Gasteiger charge is -2.11. The Kier molecular flexibility index (Phi) is 4.79. The summed E-state index contributed by atoms with van der Waals surface area (Å²) >= 11 is 0.901. The predicted octanol–water partition coefficient (Wildman–Crippen LogP) is 7.37. The van der Waals surface area contributed by atoms with Crippen molar-refractivity contribution in [3.8, 4) is 22.4 Å². The van der Waals surface area contributed by atoms with Crippen molar-refractivity contribution in [1.82, 2.24) is 4.98 Å². The molecule has 3 aromatic carbocycles. The van der Waals surface area contributed by atoms with Gasteiger partial charge in [-0.3, -0.25) is 4.79 Å². The topological polar surface area (TPSA) is 56.0 Å². The maximum Gasteiger partial charge on any atom is 0.417 e. The molecule has 6 rings (SSSR count). The molecule has 0 bridgehead atoms. The molecule has 0 fully saturated rings. The van der Waals surface area contributed by atoms with Gasteiger partial charge >= 0.3 is 6.18 Å². The first-order valence-electron chi connectivity index (χ1n) is 10.9. The highest BCUT2D eigenvalue weighted by atomic mass is 32.1. The van der Waals surface area contributed by atoms with E-state index >= 15 is 0 Å². The van der Waals surface area contributed by atoms with Crippen LogP contribution in [-0.2, 0) is 12.6 Å². The maximum absolute atomic E-state index is 14.0. The number of carbonyl (C=O) groups is 1. The van der Waals surface area contributed by atoms with Crippen LogP contribution in [-0.4, -0.2) is 10.8 Å². The molecule has 0 amide bonds. The zero-order chi connectivity index (χ0) is 24.3. The van der Waals surface area contributed by atoms with Crippen LogP contribution < -0.4 is 5.73 Å². The van der Waals surface area contributed by atoms with Crippen LogP contribution in [0.25, 0.3) is 32.6 Å². The second-order valence-electron chi connectivity index (χ2n) is 8.48. The smallest absolute Gasteiger partial charge is 0.397 e. The van der Waals surface area contributed by atoms with E-state index in [0.717, 1.165) is 34.1 Å². The molecule has 0 saturated heterocycles. The Morgan fingerprint density at radius 2 is 1.60 bits per heavy atom. The molecule has 0 radical (unpaired) electrons. The fraction of sp³-hybridized carbons (Fsp3) is 0.0714. The Morgan fingerprint density at radius 1 is 0.886 bits per heavy atom. The van der Waals surface area contributed by atoms with E-state index in [-0.39, 0.29) is 26.5 Å². The predicted molar refractivity (Wildman–Crippen MR) is 133 cm³/mol. The fourth-order valence-corrected chi connectivity index (χ4v) is 5.77. The number of nitrogen functional groups attached to an aromatic ring is 1. The Morgan fingerprint density at radius 3 is 2.37 bits per heavy atom. The normalized spacial score (nSPS) is 12.5. The average Bonchev–Trinajstić information content (AvgIpc) is 3.40. The average molecular weight is 487 g/mol. The van der Waals surface area contributed by atoms with Crippen LogP contribution >= 0.6 is 11.3 Å². The number of hydrogen-bond acceptors (Lipinski definition) is 4. The van der Waals surface area contributed by atoms with E-state index in [1.165, 1.54) is 5.56 Å². The van der Waals surface area contributed by atoms with Crippen LogP contribution in [0, 0.1) is 0 Å². The molecule has 3 nitrogen and oxygen atoms in total.